The second-order valence-electron chi connectivity index (χ2n) is 7.45. The summed E-state index contributed by atoms with van der Waals surface area (Å²) in [5.41, 5.74) is 3.60. The Balaban J connectivity index is 1.39. The number of nitrogens with zero attached hydrogens (tertiary/aromatic N) is 2. The lowest BCUT2D eigenvalue weighted by Crippen LogP contribution is -2.35. The van der Waals surface area contributed by atoms with Crippen molar-refractivity contribution in [1.29, 1.82) is 0 Å². The van der Waals surface area contributed by atoms with Crippen molar-refractivity contribution in [3.63, 3.8) is 0 Å². The summed E-state index contributed by atoms with van der Waals surface area (Å²) in [7, 11) is 0. The van der Waals surface area contributed by atoms with Gasteiger partial charge in [0, 0.05) is 6.04 Å². The largest absolute Gasteiger partial charge is 0.356 e. The fourth-order valence-corrected chi connectivity index (χ4v) is 4.71. The van der Waals surface area contributed by atoms with Gasteiger partial charge in [0.1, 0.15) is 15.6 Å². The molecule has 0 bridgehead atoms. The Morgan fingerprint density at radius 2 is 1.86 bits per heavy atom. The number of amides is 1. The first-order valence-electron chi connectivity index (χ1n) is 10.00. The third kappa shape index (κ3) is 3.68. The van der Waals surface area contributed by atoms with Crippen LogP contribution < -0.4 is 5.32 Å². The normalized spacial score (nSPS) is 14.9. The molecule has 2 heterocycles. The molecular formula is C23H21N3O2S. The summed E-state index contributed by atoms with van der Waals surface area (Å²) >= 11 is 1.36. The van der Waals surface area contributed by atoms with Gasteiger partial charge in [-0.05, 0) is 36.1 Å². The first-order valence-corrected chi connectivity index (χ1v) is 10.8. The number of aromatic nitrogens is 2. The van der Waals surface area contributed by atoms with Crippen LogP contribution in [0.3, 0.4) is 0 Å². The SMILES string of the molecule is O=C(NC1CCCCC1)c1cnc(-c2noc3cc(-c4ccccc4)ccc23)s1. The minimum absolute atomic E-state index is 0.0418. The van der Waals surface area contributed by atoms with Gasteiger partial charge in [0.15, 0.2) is 5.58 Å². The summed E-state index contributed by atoms with van der Waals surface area (Å²) in [6, 6.07) is 16.5. The minimum Gasteiger partial charge on any atom is -0.356 e. The van der Waals surface area contributed by atoms with Crippen molar-refractivity contribution in [2.45, 2.75) is 38.1 Å². The quantitative estimate of drug-likeness (QED) is 0.476. The molecule has 29 heavy (non-hydrogen) atoms. The number of hydrogen-bond donors (Lipinski definition) is 1. The summed E-state index contributed by atoms with van der Waals surface area (Å²) in [6.07, 6.45) is 7.41. The van der Waals surface area contributed by atoms with E-state index < -0.39 is 0 Å². The number of nitrogens with one attached hydrogen (secondary N) is 1. The van der Waals surface area contributed by atoms with E-state index in [9.17, 15) is 4.79 Å². The van der Waals surface area contributed by atoms with Crippen LogP contribution in [0.25, 0.3) is 32.8 Å². The number of fused-ring (bicyclic) bond motifs is 1. The first kappa shape index (κ1) is 18.1. The predicted molar refractivity (Wildman–Crippen MR) is 115 cm³/mol. The van der Waals surface area contributed by atoms with E-state index in [1.54, 1.807) is 6.20 Å². The molecule has 1 aliphatic rings. The predicted octanol–water partition coefficient (Wildman–Crippen LogP) is 5.68. The second kappa shape index (κ2) is 7.79. The zero-order chi connectivity index (χ0) is 19.6. The van der Waals surface area contributed by atoms with Crippen LogP contribution in [0.15, 0.2) is 59.3 Å². The van der Waals surface area contributed by atoms with Crippen molar-refractivity contribution in [3.8, 4) is 21.8 Å². The molecule has 2 aromatic heterocycles. The second-order valence-corrected chi connectivity index (χ2v) is 8.48. The van der Waals surface area contributed by atoms with Gasteiger partial charge in [-0.15, -0.1) is 11.3 Å². The molecule has 1 aliphatic carbocycles. The van der Waals surface area contributed by atoms with Gasteiger partial charge in [-0.2, -0.15) is 0 Å². The fourth-order valence-electron chi connectivity index (χ4n) is 3.89. The molecular weight excluding hydrogens is 382 g/mol. The molecule has 2 aromatic carbocycles. The minimum atomic E-state index is -0.0418. The Morgan fingerprint density at radius 1 is 1.03 bits per heavy atom. The van der Waals surface area contributed by atoms with Crippen LogP contribution in [0.4, 0.5) is 0 Å². The van der Waals surface area contributed by atoms with Gasteiger partial charge in [0.05, 0.1) is 11.6 Å². The molecule has 5 rings (SSSR count). The Hall–Kier alpha value is -2.99. The molecule has 5 nitrogen and oxygen atoms in total. The van der Waals surface area contributed by atoms with Crippen molar-refractivity contribution in [2.24, 2.45) is 0 Å². The summed E-state index contributed by atoms with van der Waals surface area (Å²) in [5.74, 6) is -0.0418. The molecule has 1 N–H and O–H groups in total. The third-order valence-corrected chi connectivity index (χ3v) is 6.45. The van der Waals surface area contributed by atoms with Gasteiger partial charge in [0.25, 0.3) is 5.91 Å². The summed E-state index contributed by atoms with van der Waals surface area (Å²) < 4.78 is 5.57. The van der Waals surface area contributed by atoms with Gasteiger partial charge in [-0.1, -0.05) is 60.8 Å². The maximum Gasteiger partial charge on any atom is 0.263 e. The van der Waals surface area contributed by atoms with Crippen molar-refractivity contribution in [1.82, 2.24) is 15.5 Å². The number of carbonyl (C=O) groups excluding carboxylic acids is 1. The average Bonchev–Trinajstić information content (AvgIpc) is 3.42. The molecule has 0 spiro atoms. The highest BCUT2D eigenvalue weighted by Crippen LogP contribution is 2.33. The van der Waals surface area contributed by atoms with Crippen molar-refractivity contribution < 1.29 is 9.32 Å². The average molecular weight is 404 g/mol. The zero-order valence-electron chi connectivity index (χ0n) is 15.9. The number of benzene rings is 2. The van der Waals surface area contributed by atoms with E-state index >= 15 is 0 Å². The standard InChI is InChI=1S/C23H21N3O2S/c27-22(25-17-9-5-2-6-10-17)20-14-24-23(29-20)21-18-12-11-16(13-19(18)28-26-21)15-7-3-1-4-8-15/h1,3-4,7-8,11-14,17H,2,5-6,9-10H2,(H,25,27). The number of carbonyl (C=O) groups is 1. The highest BCUT2D eigenvalue weighted by Gasteiger charge is 2.20. The molecule has 1 amide bonds. The van der Waals surface area contributed by atoms with Crippen LogP contribution in [0.5, 0.6) is 0 Å². The highest BCUT2D eigenvalue weighted by molar-refractivity contribution is 7.17. The van der Waals surface area contributed by atoms with E-state index in [-0.39, 0.29) is 11.9 Å². The molecule has 0 atom stereocenters. The first-order chi connectivity index (χ1) is 14.3. The van der Waals surface area contributed by atoms with E-state index in [1.807, 2.05) is 30.3 Å². The highest BCUT2D eigenvalue weighted by atomic mass is 32.1. The molecule has 0 radical (unpaired) electrons. The lowest BCUT2D eigenvalue weighted by atomic mass is 9.95. The van der Waals surface area contributed by atoms with Crippen LogP contribution >= 0.6 is 11.3 Å². The van der Waals surface area contributed by atoms with Gasteiger partial charge < -0.3 is 9.84 Å². The van der Waals surface area contributed by atoms with Crippen LogP contribution in [-0.2, 0) is 0 Å². The lowest BCUT2D eigenvalue weighted by Gasteiger charge is -2.22. The Kier molecular flexibility index (Phi) is 4.86. The van der Waals surface area contributed by atoms with Crippen LogP contribution in [0, 0.1) is 0 Å². The van der Waals surface area contributed by atoms with Crippen molar-refractivity contribution in [3.05, 3.63) is 59.6 Å². The van der Waals surface area contributed by atoms with Crippen molar-refractivity contribution >= 4 is 28.2 Å². The van der Waals surface area contributed by atoms with E-state index in [4.69, 9.17) is 4.52 Å². The topological polar surface area (TPSA) is 68.0 Å². The summed E-state index contributed by atoms with van der Waals surface area (Å²) in [4.78, 5) is 17.6. The van der Waals surface area contributed by atoms with Gasteiger partial charge in [0.2, 0.25) is 0 Å². The smallest absolute Gasteiger partial charge is 0.263 e. The Bertz CT molecular complexity index is 1140. The van der Waals surface area contributed by atoms with Crippen LogP contribution in [0.1, 0.15) is 41.8 Å². The van der Waals surface area contributed by atoms with E-state index in [0.717, 1.165) is 29.4 Å². The molecule has 4 aromatic rings. The summed E-state index contributed by atoms with van der Waals surface area (Å²) in [6.45, 7) is 0. The summed E-state index contributed by atoms with van der Waals surface area (Å²) in [5, 5.41) is 8.97. The molecule has 0 saturated heterocycles. The van der Waals surface area contributed by atoms with E-state index in [1.165, 1.54) is 30.6 Å². The third-order valence-electron chi connectivity index (χ3n) is 5.45. The molecule has 1 saturated carbocycles. The van der Waals surface area contributed by atoms with Crippen LogP contribution in [-0.4, -0.2) is 22.1 Å². The molecule has 146 valence electrons. The maximum absolute atomic E-state index is 12.6. The van der Waals surface area contributed by atoms with Gasteiger partial charge >= 0.3 is 0 Å². The van der Waals surface area contributed by atoms with Crippen LogP contribution in [0.2, 0.25) is 0 Å². The van der Waals surface area contributed by atoms with E-state index in [0.29, 0.717) is 21.2 Å². The van der Waals surface area contributed by atoms with E-state index in [2.05, 4.69) is 33.7 Å². The number of hydrogen-bond acceptors (Lipinski definition) is 5. The molecule has 1 fully saturated rings. The number of thiazole rings is 1. The van der Waals surface area contributed by atoms with Gasteiger partial charge in [-0.25, -0.2) is 4.98 Å². The lowest BCUT2D eigenvalue weighted by molar-refractivity contribution is 0.0931. The van der Waals surface area contributed by atoms with Gasteiger partial charge in [-0.3, -0.25) is 4.79 Å². The maximum atomic E-state index is 12.6. The monoisotopic (exact) mass is 403 g/mol. The molecule has 0 unspecified atom stereocenters. The fraction of sp³-hybridized carbons (Fsp3) is 0.261. The number of rotatable bonds is 4. The Morgan fingerprint density at radius 3 is 2.69 bits per heavy atom. The molecule has 6 heteroatoms. The zero-order valence-corrected chi connectivity index (χ0v) is 16.7. The van der Waals surface area contributed by atoms with Crippen molar-refractivity contribution in [2.75, 3.05) is 0 Å². The Labute approximate surface area is 172 Å². The molecule has 0 aliphatic heterocycles.